The minimum atomic E-state index is -3.31. The molecule has 0 spiro atoms. The molecule has 0 amide bonds. The predicted molar refractivity (Wildman–Crippen MR) is 80.4 cm³/mol. The Kier molecular flexibility index (Phi) is 6.63. The summed E-state index contributed by atoms with van der Waals surface area (Å²) in [5, 5.41) is 0. The van der Waals surface area contributed by atoms with Gasteiger partial charge >= 0.3 is 0 Å². The summed E-state index contributed by atoms with van der Waals surface area (Å²) in [4.78, 5) is 0. The van der Waals surface area contributed by atoms with Gasteiger partial charge in [-0.25, -0.2) is 25.9 Å². The van der Waals surface area contributed by atoms with Gasteiger partial charge in [-0.3, -0.25) is 0 Å². The Bertz CT molecular complexity index is 538. The van der Waals surface area contributed by atoms with E-state index < -0.39 is 20.0 Å². The monoisotopic (exact) mass is 324 g/mol. The van der Waals surface area contributed by atoms with Crippen LogP contribution in [-0.2, 0) is 20.0 Å². The third kappa shape index (κ3) is 7.37. The molecule has 0 unspecified atom stereocenters. The van der Waals surface area contributed by atoms with Gasteiger partial charge in [-0.05, 0) is 32.1 Å². The molecule has 1 aliphatic rings. The van der Waals surface area contributed by atoms with Crippen molar-refractivity contribution in [2.45, 2.75) is 32.1 Å². The molecule has 0 heterocycles. The maximum absolute atomic E-state index is 11.7. The van der Waals surface area contributed by atoms with Crippen LogP contribution in [0.5, 0.6) is 0 Å². The Morgan fingerprint density at radius 1 is 1.15 bits per heavy atom. The van der Waals surface area contributed by atoms with Crippen LogP contribution < -0.4 is 4.72 Å². The molecule has 6 nitrogen and oxygen atoms in total. The third-order valence-corrected chi connectivity index (χ3v) is 5.29. The molecule has 0 atom stereocenters. The second kappa shape index (κ2) is 7.53. The number of sulfonamides is 2. The highest BCUT2D eigenvalue weighted by molar-refractivity contribution is 7.88. The molecule has 0 saturated carbocycles. The van der Waals surface area contributed by atoms with E-state index in [9.17, 15) is 16.8 Å². The van der Waals surface area contributed by atoms with Crippen LogP contribution in [0.1, 0.15) is 32.1 Å². The van der Waals surface area contributed by atoms with E-state index in [0.717, 1.165) is 31.8 Å². The van der Waals surface area contributed by atoms with E-state index in [4.69, 9.17) is 0 Å². The normalized spacial score (nSPS) is 17.2. The third-order valence-electron chi connectivity index (χ3n) is 3.26. The fourth-order valence-corrected chi connectivity index (χ4v) is 3.51. The zero-order valence-electron chi connectivity index (χ0n) is 12.1. The molecule has 0 aliphatic heterocycles. The van der Waals surface area contributed by atoms with Gasteiger partial charge in [0.15, 0.2) is 0 Å². The maximum Gasteiger partial charge on any atom is 0.211 e. The minimum absolute atomic E-state index is 0.102. The average molecular weight is 324 g/mol. The highest BCUT2D eigenvalue weighted by Gasteiger charge is 2.17. The molecule has 20 heavy (non-hydrogen) atoms. The number of hydrogen-bond acceptors (Lipinski definition) is 4. The number of allylic oxidation sites excluding steroid dienone is 1. The number of nitrogens with zero attached hydrogens (tertiary/aromatic N) is 1. The van der Waals surface area contributed by atoms with Crippen LogP contribution in [0.15, 0.2) is 11.6 Å². The smallest absolute Gasteiger partial charge is 0.211 e. The van der Waals surface area contributed by atoms with Gasteiger partial charge in [0.25, 0.3) is 0 Å². The van der Waals surface area contributed by atoms with Crippen LogP contribution in [0.3, 0.4) is 0 Å². The lowest BCUT2D eigenvalue weighted by Crippen LogP contribution is -2.38. The molecule has 118 valence electrons. The molecular formula is C12H24N2O4S2. The molecule has 1 rings (SSSR count). The van der Waals surface area contributed by atoms with Crippen LogP contribution in [0, 0.1) is 0 Å². The zero-order valence-corrected chi connectivity index (χ0v) is 13.8. The van der Waals surface area contributed by atoms with Crippen LogP contribution in [0.25, 0.3) is 0 Å². The number of nitrogens with one attached hydrogen (secondary N) is 1. The van der Waals surface area contributed by atoms with Gasteiger partial charge in [-0.1, -0.05) is 11.6 Å². The topological polar surface area (TPSA) is 83.6 Å². The lowest BCUT2D eigenvalue weighted by atomic mass is 9.97. The van der Waals surface area contributed by atoms with Crippen molar-refractivity contribution in [1.29, 1.82) is 0 Å². The summed E-state index contributed by atoms with van der Waals surface area (Å²) in [5.41, 5.74) is 1.31. The quantitative estimate of drug-likeness (QED) is 0.666. The summed E-state index contributed by atoms with van der Waals surface area (Å²) < 4.78 is 49.0. The summed E-state index contributed by atoms with van der Waals surface area (Å²) >= 11 is 0. The standard InChI is InChI=1S/C12H24N2O4S2/c1-19(15,16)13-9-11-14(20(2,17)18)10-8-12-6-4-3-5-7-12/h6,13H,3-5,7-11H2,1-2H3. The fraction of sp³-hybridized carbons (Fsp3) is 0.833. The second-order valence-electron chi connectivity index (χ2n) is 5.19. The van der Waals surface area contributed by atoms with E-state index in [-0.39, 0.29) is 13.1 Å². The SMILES string of the molecule is CS(=O)(=O)NCCN(CCC1=CCCCC1)S(C)(=O)=O. The maximum atomic E-state index is 11.7. The van der Waals surface area contributed by atoms with Crippen LogP contribution in [0.4, 0.5) is 0 Å². The van der Waals surface area contributed by atoms with Crippen molar-refractivity contribution in [2.75, 3.05) is 32.1 Å². The van der Waals surface area contributed by atoms with Crippen molar-refractivity contribution < 1.29 is 16.8 Å². The first-order valence-electron chi connectivity index (χ1n) is 6.76. The number of rotatable bonds is 8. The van der Waals surface area contributed by atoms with Crippen molar-refractivity contribution >= 4 is 20.0 Å². The molecule has 1 aliphatic carbocycles. The van der Waals surface area contributed by atoms with E-state index in [2.05, 4.69) is 10.8 Å². The fourth-order valence-electron chi connectivity index (χ4n) is 2.20. The van der Waals surface area contributed by atoms with Crippen LogP contribution >= 0.6 is 0 Å². The minimum Gasteiger partial charge on any atom is -0.214 e. The molecule has 0 fully saturated rings. The summed E-state index contributed by atoms with van der Waals surface area (Å²) in [6.07, 6.45) is 9.62. The Morgan fingerprint density at radius 3 is 2.35 bits per heavy atom. The summed E-state index contributed by atoms with van der Waals surface area (Å²) in [6.45, 7) is 0.681. The molecule has 0 aromatic heterocycles. The van der Waals surface area contributed by atoms with E-state index >= 15 is 0 Å². The molecular weight excluding hydrogens is 300 g/mol. The molecule has 1 N–H and O–H groups in total. The molecule has 0 radical (unpaired) electrons. The predicted octanol–water partition coefficient (Wildman–Crippen LogP) is 0.688. The van der Waals surface area contributed by atoms with E-state index in [1.165, 1.54) is 22.7 Å². The van der Waals surface area contributed by atoms with Gasteiger partial charge in [0.1, 0.15) is 0 Å². The first-order chi connectivity index (χ1) is 9.18. The average Bonchev–Trinajstić information content (AvgIpc) is 2.32. The van der Waals surface area contributed by atoms with Gasteiger partial charge in [0.05, 0.1) is 12.5 Å². The Hall–Kier alpha value is -0.440. The Morgan fingerprint density at radius 2 is 1.85 bits per heavy atom. The first-order valence-corrected chi connectivity index (χ1v) is 10.5. The first kappa shape index (κ1) is 17.6. The van der Waals surface area contributed by atoms with E-state index in [0.29, 0.717) is 6.54 Å². The lowest BCUT2D eigenvalue weighted by molar-refractivity contribution is 0.416. The molecule has 0 aromatic carbocycles. The van der Waals surface area contributed by atoms with Crippen molar-refractivity contribution in [3.63, 3.8) is 0 Å². The van der Waals surface area contributed by atoms with Gasteiger partial charge in [-0.2, -0.15) is 0 Å². The van der Waals surface area contributed by atoms with Gasteiger partial charge in [-0.15, -0.1) is 0 Å². The summed E-state index contributed by atoms with van der Waals surface area (Å²) in [6, 6.07) is 0. The van der Waals surface area contributed by atoms with Crippen LogP contribution in [-0.4, -0.2) is 53.3 Å². The Labute approximate surface area is 122 Å². The molecule has 0 saturated heterocycles. The highest BCUT2D eigenvalue weighted by atomic mass is 32.2. The van der Waals surface area contributed by atoms with Gasteiger partial charge in [0, 0.05) is 19.6 Å². The van der Waals surface area contributed by atoms with Gasteiger partial charge < -0.3 is 0 Å². The molecule has 8 heteroatoms. The van der Waals surface area contributed by atoms with E-state index in [1.807, 2.05) is 0 Å². The van der Waals surface area contributed by atoms with Crippen LogP contribution in [0.2, 0.25) is 0 Å². The van der Waals surface area contributed by atoms with Crippen molar-refractivity contribution in [3.8, 4) is 0 Å². The summed E-state index contributed by atoms with van der Waals surface area (Å²) in [7, 11) is -6.60. The largest absolute Gasteiger partial charge is 0.214 e. The molecule has 0 bridgehead atoms. The Balaban J connectivity index is 2.50. The van der Waals surface area contributed by atoms with Gasteiger partial charge in [0.2, 0.25) is 20.0 Å². The second-order valence-corrected chi connectivity index (χ2v) is 9.00. The van der Waals surface area contributed by atoms with Crippen molar-refractivity contribution in [2.24, 2.45) is 0 Å². The lowest BCUT2D eigenvalue weighted by Gasteiger charge is -2.21. The van der Waals surface area contributed by atoms with Crippen molar-refractivity contribution in [3.05, 3.63) is 11.6 Å². The summed E-state index contributed by atoms with van der Waals surface area (Å²) in [5.74, 6) is 0. The van der Waals surface area contributed by atoms with E-state index in [1.54, 1.807) is 0 Å². The number of hydrogen-bond donors (Lipinski definition) is 1. The highest BCUT2D eigenvalue weighted by Crippen LogP contribution is 2.20. The van der Waals surface area contributed by atoms with Crippen molar-refractivity contribution in [1.82, 2.24) is 9.03 Å². The molecule has 0 aromatic rings. The zero-order chi connectivity index (χ0) is 15.2.